The fraction of sp³-hybridized carbons (Fsp3) is 0.235. The Hall–Kier alpha value is -1.91. The van der Waals surface area contributed by atoms with Gasteiger partial charge in [-0.3, -0.25) is 0 Å². The van der Waals surface area contributed by atoms with E-state index in [9.17, 15) is 9.90 Å². The van der Waals surface area contributed by atoms with E-state index in [2.05, 4.69) is 4.74 Å². The average molecular weight is 355 g/mol. The van der Waals surface area contributed by atoms with Crippen LogP contribution in [0, 0.1) is 0 Å². The van der Waals surface area contributed by atoms with Crippen molar-refractivity contribution >= 4 is 29.2 Å². The van der Waals surface area contributed by atoms with Gasteiger partial charge in [-0.15, -0.1) is 0 Å². The maximum atomic E-state index is 11.5. The molecule has 0 radical (unpaired) electrons. The van der Waals surface area contributed by atoms with Gasteiger partial charge in [-0.1, -0.05) is 37.0 Å². The molecular formula is C17H16Cl2O4. The number of phenolic OH excluding ortho intramolecular Hbond substituents is 1. The van der Waals surface area contributed by atoms with E-state index in [1.165, 1.54) is 19.2 Å². The van der Waals surface area contributed by atoms with Crippen molar-refractivity contribution in [3.8, 4) is 17.2 Å². The fourth-order valence-electron chi connectivity index (χ4n) is 2.07. The quantitative estimate of drug-likeness (QED) is 0.746. The number of methoxy groups -OCH3 is 1. The van der Waals surface area contributed by atoms with Crippen LogP contribution in [0.2, 0.25) is 10.0 Å². The lowest BCUT2D eigenvalue weighted by Gasteiger charge is -2.14. The van der Waals surface area contributed by atoms with Gasteiger partial charge in [0, 0.05) is 5.56 Å². The van der Waals surface area contributed by atoms with Crippen LogP contribution in [0.3, 0.4) is 0 Å². The Bertz CT molecular complexity index is 718. The highest BCUT2D eigenvalue weighted by atomic mass is 35.5. The normalized spacial score (nSPS) is 10.7. The zero-order valence-corrected chi connectivity index (χ0v) is 14.4. The van der Waals surface area contributed by atoms with Gasteiger partial charge < -0.3 is 14.6 Å². The Kier molecular flexibility index (Phi) is 5.39. The van der Waals surface area contributed by atoms with Crippen LogP contribution in [0.15, 0.2) is 30.3 Å². The maximum absolute atomic E-state index is 11.5. The van der Waals surface area contributed by atoms with Gasteiger partial charge in [0.2, 0.25) is 0 Å². The average Bonchev–Trinajstić information content (AvgIpc) is 2.51. The SMILES string of the molecule is COC(=O)c1cc(Cl)c(Oc2ccc(O)c(C(C)C)c2)c(Cl)c1. The molecule has 0 fully saturated rings. The molecule has 0 saturated carbocycles. The Morgan fingerprint density at radius 1 is 1.13 bits per heavy atom. The summed E-state index contributed by atoms with van der Waals surface area (Å²) in [6.07, 6.45) is 0. The largest absolute Gasteiger partial charge is 0.508 e. The molecule has 1 N–H and O–H groups in total. The molecule has 0 atom stereocenters. The first kappa shape index (κ1) is 17.4. The molecular weight excluding hydrogens is 339 g/mol. The summed E-state index contributed by atoms with van der Waals surface area (Å²) in [6.45, 7) is 3.92. The van der Waals surface area contributed by atoms with E-state index in [1.54, 1.807) is 18.2 Å². The monoisotopic (exact) mass is 354 g/mol. The van der Waals surface area contributed by atoms with E-state index < -0.39 is 5.97 Å². The van der Waals surface area contributed by atoms with Crippen LogP contribution in [-0.2, 0) is 4.74 Å². The third-order valence-corrected chi connectivity index (χ3v) is 3.82. The Morgan fingerprint density at radius 2 is 1.74 bits per heavy atom. The third kappa shape index (κ3) is 3.89. The zero-order valence-electron chi connectivity index (χ0n) is 12.9. The number of carbonyl (C=O) groups is 1. The third-order valence-electron chi connectivity index (χ3n) is 3.26. The van der Waals surface area contributed by atoms with Gasteiger partial charge in [-0.05, 0) is 36.2 Å². The van der Waals surface area contributed by atoms with Crippen LogP contribution in [-0.4, -0.2) is 18.2 Å². The molecule has 0 heterocycles. The number of hydrogen-bond donors (Lipinski definition) is 1. The standard InChI is InChI=1S/C17H16Cl2O4/c1-9(2)12-8-11(4-5-15(12)20)23-16-13(18)6-10(7-14(16)19)17(21)22-3/h4-9,20H,1-3H3. The zero-order chi connectivity index (χ0) is 17.1. The lowest BCUT2D eigenvalue weighted by Crippen LogP contribution is -2.01. The van der Waals surface area contributed by atoms with Crippen molar-refractivity contribution in [3.63, 3.8) is 0 Å². The summed E-state index contributed by atoms with van der Waals surface area (Å²) in [7, 11) is 1.28. The van der Waals surface area contributed by atoms with Gasteiger partial charge in [-0.25, -0.2) is 4.79 Å². The molecule has 2 aromatic carbocycles. The number of esters is 1. The molecule has 0 aromatic heterocycles. The molecule has 0 spiro atoms. The van der Waals surface area contributed by atoms with Crippen LogP contribution in [0.25, 0.3) is 0 Å². The number of rotatable bonds is 4. The molecule has 2 rings (SSSR count). The topological polar surface area (TPSA) is 55.8 Å². The second-order valence-corrected chi connectivity index (χ2v) is 6.05. The molecule has 23 heavy (non-hydrogen) atoms. The smallest absolute Gasteiger partial charge is 0.337 e. The Balaban J connectivity index is 2.37. The number of aromatic hydroxyl groups is 1. The number of ether oxygens (including phenoxy) is 2. The molecule has 0 aliphatic rings. The summed E-state index contributed by atoms with van der Waals surface area (Å²) in [5, 5.41) is 10.2. The predicted octanol–water partition coefficient (Wildman–Crippen LogP) is 5.40. The van der Waals surface area contributed by atoms with Gasteiger partial charge in [-0.2, -0.15) is 0 Å². The number of halogens is 2. The van der Waals surface area contributed by atoms with E-state index in [4.69, 9.17) is 27.9 Å². The lowest BCUT2D eigenvalue weighted by molar-refractivity contribution is 0.0600. The minimum atomic E-state index is -0.535. The van der Waals surface area contributed by atoms with Crippen molar-refractivity contribution in [2.75, 3.05) is 7.11 Å². The molecule has 0 saturated heterocycles. The van der Waals surface area contributed by atoms with E-state index >= 15 is 0 Å². The van der Waals surface area contributed by atoms with Crippen molar-refractivity contribution in [2.24, 2.45) is 0 Å². The van der Waals surface area contributed by atoms with Crippen molar-refractivity contribution in [3.05, 3.63) is 51.5 Å². The number of benzene rings is 2. The van der Waals surface area contributed by atoms with E-state index in [0.717, 1.165) is 5.56 Å². The highest BCUT2D eigenvalue weighted by molar-refractivity contribution is 6.37. The fourth-order valence-corrected chi connectivity index (χ4v) is 2.63. The number of carbonyl (C=O) groups excluding carboxylic acids is 1. The number of phenols is 1. The molecule has 0 aliphatic carbocycles. The van der Waals surface area contributed by atoms with Gasteiger partial charge in [0.25, 0.3) is 0 Å². The highest BCUT2D eigenvalue weighted by Crippen LogP contribution is 2.39. The maximum Gasteiger partial charge on any atom is 0.337 e. The van der Waals surface area contributed by atoms with Crippen LogP contribution < -0.4 is 4.74 Å². The Morgan fingerprint density at radius 3 is 2.26 bits per heavy atom. The van der Waals surface area contributed by atoms with Crippen molar-refractivity contribution in [1.82, 2.24) is 0 Å². The van der Waals surface area contributed by atoms with Crippen LogP contribution in [0.4, 0.5) is 0 Å². The van der Waals surface area contributed by atoms with Gasteiger partial charge in [0.1, 0.15) is 11.5 Å². The summed E-state index contributed by atoms with van der Waals surface area (Å²) in [5.41, 5.74) is 0.990. The van der Waals surface area contributed by atoms with Gasteiger partial charge in [0.15, 0.2) is 5.75 Å². The van der Waals surface area contributed by atoms with Crippen molar-refractivity contribution < 1.29 is 19.4 Å². The molecule has 6 heteroatoms. The predicted molar refractivity (Wildman–Crippen MR) is 90.1 cm³/mol. The molecule has 4 nitrogen and oxygen atoms in total. The molecule has 2 aromatic rings. The Labute approximate surface area is 144 Å². The second-order valence-electron chi connectivity index (χ2n) is 5.24. The van der Waals surface area contributed by atoms with E-state index in [1.807, 2.05) is 13.8 Å². The van der Waals surface area contributed by atoms with Crippen molar-refractivity contribution in [2.45, 2.75) is 19.8 Å². The molecule has 0 amide bonds. The second kappa shape index (κ2) is 7.11. The van der Waals surface area contributed by atoms with Crippen LogP contribution in [0.1, 0.15) is 35.7 Å². The summed E-state index contributed by atoms with van der Waals surface area (Å²) in [4.78, 5) is 11.5. The highest BCUT2D eigenvalue weighted by Gasteiger charge is 2.16. The van der Waals surface area contributed by atoms with Crippen molar-refractivity contribution in [1.29, 1.82) is 0 Å². The van der Waals surface area contributed by atoms with Gasteiger partial charge in [0.05, 0.1) is 22.7 Å². The molecule has 122 valence electrons. The molecule has 0 unspecified atom stereocenters. The van der Waals surface area contributed by atoms with Gasteiger partial charge >= 0.3 is 5.97 Å². The van der Waals surface area contributed by atoms with Crippen LogP contribution in [0.5, 0.6) is 17.2 Å². The first-order valence-corrected chi connectivity index (χ1v) is 7.67. The van der Waals surface area contributed by atoms with Crippen LogP contribution >= 0.6 is 23.2 Å². The summed E-state index contributed by atoms with van der Waals surface area (Å²) in [5.74, 6) is 0.520. The molecule has 0 bridgehead atoms. The lowest BCUT2D eigenvalue weighted by atomic mass is 10.0. The first-order valence-electron chi connectivity index (χ1n) is 6.91. The minimum Gasteiger partial charge on any atom is -0.508 e. The summed E-state index contributed by atoms with van der Waals surface area (Å²) < 4.78 is 10.4. The molecule has 0 aliphatic heterocycles. The minimum absolute atomic E-state index is 0.131. The first-order chi connectivity index (χ1) is 10.8. The summed E-state index contributed by atoms with van der Waals surface area (Å²) in [6, 6.07) is 7.75. The number of hydrogen-bond acceptors (Lipinski definition) is 4. The van der Waals surface area contributed by atoms with E-state index in [-0.39, 0.29) is 33.0 Å². The van der Waals surface area contributed by atoms with E-state index in [0.29, 0.717) is 5.75 Å². The summed E-state index contributed by atoms with van der Waals surface area (Å²) >= 11 is 12.3.